The van der Waals surface area contributed by atoms with E-state index in [1.165, 1.54) is 16.9 Å². The third-order valence-corrected chi connectivity index (χ3v) is 5.74. The van der Waals surface area contributed by atoms with Gasteiger partial charge in [-0.15, -0.1) is 11.3 Å². The zero-order chi connectivity index (χ0) is 21.1. The van der Waals surface area contributed by atoms with Gasteiger partial charge in [0.15, 0.2) is 5.13 Å². The second kappa shape index (κ2) is 8.54. The van der Waals surface area contributed by atoms with Crippen LogP contribution in [0.3, 0.4) is 0 Å². The predicted molar refractivity (Wildman–Crippen MR) is 119 cm³/mol. The van der Waals surface area contributed by atoms with Crippen molar-refractivity contribution in [3.63, 3.8) is 0 Å². The lowest BCUT2D eigenvalue weighted by Crippen LogP contribution is -2.36. The van der Waals surface area contributed by atoms with E-state index in [0.29, 0.717) is 22.3 Å². The summed E-state index contributed by atoms with van der Waals surface area (Å²) in [5, 5.41) is 7.67. The van der Waals surface area contributed by atoms with Crippen LogP contribution in [0.5, 0.6) is 5.75 Å². The molecule has 3 amide bonds. The first-order valence-electron chi connectivity index (χ1n) is 9.60. The van der Waals surface area contributed by atoms with E-state index in [2.05, 4.69) is 21.7 Å². The number of carbonyl (C=O) groups excluding carboxylic acids is 2. The molecule has 0 aliphatic carbocycles. The molecule has 8 heteroatoms. The number of methoxy groups -OCH3 is 1. The summed E-state index contributed by atoms with van der Waals surface area (Å²) in [5.74, 6) is 0.570. The van der Waals surface area contributed by atoms with E-state index in [9.17, 15) is 9.59 Å². The molecule has 1 atom stereocenters. The van der Waals surface area contributed by atoms with Gasteiger partial charge in [-0.25, -0.2) is 9.78 Å². The van der Waals surface area contributed by atoms with E-state index in [4.69, 9.17) is 4.74 Å². The molecule has 0 saturated heterocycles. The molecule has 2 aromatic carbocycles. The van der Waals surface area contributed by atoms with Gasteiger partial charge in [0.1, 0.15) is 5.75 Å². The number of hydrogen-bond acceptors (Lipinski definition) is 5. The Morgan fingerprint density at radius 1 is 1.17 bits per heavy atom. The summed E-state index contributed by atoms with van der Waals surface area (Å²) in [4.78, 5) is 31.4. The monoisotopic (exact) mass is 422 g/mol. The van der Waals surface area contributed by atoms with Crippen molar-refractivity contribution in [2.45, 2.75) is 25.8 Å². The molecule has 7 nitrogen and oxygen atoms in total. The molecule has 0 unspecified atom stereocenters. The molecule has 4 rings (SSSR count). The predicted octanol–water partition coefficient (Wildman–Crippen LogP) is 4.32. The van der Waals surface area contributed by atoms with Crippen LogP contribution in [0.2, 0.25) is 0 Å². The van der Waals surface area contributed by atoms with Crippen molar-refractivity contribution in [3.05, 3.63) is 65.2 Å². The number of rotatable bonds is 5. The first kappa shape index (κ1) is 19.9. The standard InChI is InChI=1S/C22H22N4O3S/c1-14-11-15-7-3-5-9-18(15)26(14)20(27)12-16-13-30-22(23-16)25-21(28)24-17-8-4-6-10-19(17)29-2/h3-10,13-14H,11-12H2,1-2H3,(H2,23,24,25,28)/t14-/m0/s1. The van der Waals surface area contributed by atoms with Gasteiger partial charge >= 0.3 is 6.03 Å². The van der Waals surface area contributed by atoms with E-state index in [1.54, 1.807) is 24.6 Å². The average Bonchev–Trinajstić information content (AvgIpc) is 3.30. The van der Waals surface area contributed by atoms with E-state index in [0.717, 1.165) is 12.1 Å². The molecule has 1 aliphatic rings. The summed E-state index contributed by atoms with van der Waals surface area (Å²) in [6.07, 6.45) is 1.04. The number of nitrogens with zero attached hydrogens (tertiary/aromatic N) is 2. The first-order chi connectivity index (χ1) is 14.5. The van der Waals surface area contributed by atoms with Gasteiger partial charge in [0.05, 0.1) is 24.9 Å². The highest BCUT2D eigenvalue weighted by molar-refractivity contribution is 7.14. The second-order valence-corrected chi connectivity index (χ2v) is 7.90. The lowest BCUT2D eigenvalue weighted by molar-refractivity contribution is -0.118. The number of nitrogens with one attached hydrogen (secondary N) is 2. The maximum atomic E-state index is 12.9. The fourth-order valence-corrected chi connectivity index (χ4v) is 4.34. The molecule has 3 aromatic rings. The van der Waals surface area contributed by atoms with Crippen LogP contribution < -0.4 is 20.3 Å². The van der Waals surface area contributed by atoms with E-state index >= 15 is 0 Å². The topological polar surface area (TPSA) is 83.6 Å². The SMILES string of the molecule is COc1ccccc1NC(=O)Nc1nc(CC(=O)N2c3ccccc3C[C@@H]2C)cs1. The number of hydrogen-bond donors (Lipinski definition) is 2. The van der Waals surface area contributed by atoms with Crippen LogP contribution in [0.4, 0.5) is 21.3 Å². The molecular weight excluding hydrogens is 400 g/mol. The molecule has 0 spiro atoms. The van der Waals surface area contributed by atoms with Gasteiger partial charge in [0, 0.05) is 17.1 Å². The van der Waals surface area contributed by atoms with E-state index in [-0.39, 0.29) is 18.4 Å². The lowest BCUT2D eigenvalue weighted by atomic mass is 10.1. The van der Waals surface area contributed by atoms with Crippen molar-refractivity contribution in [3.8, 4) is 5.75 Å². The lowest BCUT2D eigenvalue weighted by Gasteiger charge is -2.22. The normalized spacial score (nSPS) is 14.9. The van der Waals surface area contributed by atoms with Crippen molar-refractivity contribution in [1.29, 1.82) is 0 Å². The molecule has 30 heavy (non-hydrogen) atoms. The van der Waals surface area contributed by atoms with Crippen LogP contribution in [-0.4, -0.2) is 30.1 Å². The van der Waals surface area contributed by atoms with Crippen LogP contribution in [-0.2, 0) is 17.6 Å². The van der Waals surface area contributed by atoms with Crippen molar-refractivity contribution in [2.75, 3.05) is 22.6 Å². The largest absolute Gasteiger partial charge is 0.495 e. The van der Waals surface area contributed by atoms with Gasteiger partial charge in [-0.1, -0.05) is 30.3 Å². The number of fused-ring (bicyclic) bond motifs is 1. The molecule has 0 saturated carbocycles. The van der Waals surface area contributed by atoms with Gasteiger partial charge in [-0.2, -0.15) is 0 Å². The third kappa shape index (κ3) is 4.13. The van der Waals surface area contributed by atoms with Crippen LogP contribution in [0.15, 0.2) is 53.9 Å². The number of carbonyl (C=O) groups is 2. The molecule has 1 aromatic heterocycles. The molecule has 0 fully saturated rings. The minimum Gasteiger partial charge on any atom is -0.495 e. The van der Waals surface area contributed by atoms with Gasteiger partial charge in [-0.05, 0) is 37.1 Å². The Morgan fingerprint density at radius 3 is 2.77 bits per heavy atom. The summed E-state index contributed by atoms with van der Waals surface area (Å²) in [5.41, 5.74) is 3.35. The number of thiazole rings is 1. The summed E-state index contributed by atoms with van der Waals surface area (Å²) >= 11 is 1.28. The maximum absolute atomic E-state index is 12.9. The smallest absolute Gasteiger partial charge is 0.325 e. The molecule has 154 valence electrons. The zero-order valence-corrected chi connectivity index (χ0v) is 17.5. The Hall–Kier alpha value is -3.39. The third-order valence-electron chi connectivity index (χ3n) is 4.94. The second-order valence-electron chi connectivity index (χ2n) is 7.05. The average molecular weight is 423 g/mol. The number of anilines is 3. The summed E-state index contributed by atoms with van der Waals surface area (Å²) in [6.45, 7) is 2.05. The Kier molecular flexibility index (Phi) is 5.67. The minimum absolute atomic E-state index is 0.00257. The number of urea groups is 1. The fraction of sp³-hybridized carbons (Fsp3) is 0.227. The molecule has 2 N–H and O–H groups in total. The van der Waals surface area contributed by atoms with E-state index in [1.807, 2.05) is 42.2 Å². The van der Waals surface area contributed by atoms with Crippen LogP contribution in [0.1, 0.15) is 18.2 Å². The first-order valence-corrected chi connectivity index (χ1v) is 10.5. The van der Waals surface area contributed by atoms with Crippen molar-refractivity contribution < 1.29 is 14.3 Å². The highest BCUT2D eigenvalue weighted by Gasteiger charge is 2.30. The van der Waals surface area contributed by atoms with Gasteiger partial charge < -0.3 is 15.0 Å². The zero-order valence-electron chi connectivity index (χ0n) is 16.7. The molecule has 0 radical (unpaired) electrons. The van der Waals surface area contributed by atoms with Crippen molar-refractivity contribution in [2.24, 2.45) is 0 Å². The molecule has 1 aliphatic heterocycles. The molecule has 0 bridgehead atoms. The summed E-state index contributed by atoms with van der Waals surface area (Å²) in [6, 6.07) is 14.8. The van der Waals surface area contributed by atoms with Gasteiger partial charge in [0.2, 0.25) is 5.91 Å². The van der Waals surface area contributed by atoms with Crippen LogP contribution in [0, 0.1) is 0 Å². The Balaban J connectivity index is 1.39. The molecular formula is C22H22N4O3S. The minimum atomic E-state index is -0.422. The summed E-state index contributed by atoms with van der Waals surface area (Å²) < 4.78 is 5.23. The highest BCUT2D eigenvalue weighted by atomic mass is 32.1. The van der Waals surface area contributed by atoms with Gasteiger partial charge in [0.25, 0.3) is 0 Å². The van der Waals surface area contributed by atoms with Crippen molar-refractivity contribution in [1.82, 2.24) is 4.98 Å². The number of benzene rings is 2. The summed E-state index contributed by atoms with van der Waals surface area (Å²) in [7, 11) is 1.54. The van der Waals surface area contributed by atoms with Crippen molar-refractivity contribution >= 4 is 39.8 Å². The van der Waals surface area contributed by atoms with Crippen LogP contribution in [0.25, 0.3) is 0 Å². The molecule has 2 heterocycles. The Bertz CT molecular complexity index is 1080. The maximum Gasteiger partial charge on any atom is 0.325 e. The Labute approximate surface area is 178 Å². The highest BCUT2D eigenvalue weighted by Crippen LogP contribution is 2.32. The number of amides is 3. The van der Waals surface area contributed by atoms with E-state index < -0.39 is 6.03 Å². The number of ether oxygens (including phenoxy) is 1. The fourth-order valence-electron chi connectivity index (χ4n) is 3.63. The Morgan fingerprint density at radius 2 is 1.93 bits per heavy atom. The number of para-hydroxylation sites is 3. The number of aromatic nitrogens is 1. The quantitative estimate of drug-likeness (QED) is 0.642. The van der Waals surface area contributed by atoms with Gasteiger partial charge in [-0.3, -0.25) is 10.1 Å². The van der Waals surface area contributed by atoms with Crippen LogP contribution >= 0.6 is 11.3 Å².